The minimum Gasteiger partial charge on any atom is -0.478 e. The van der Waals surface area contributed by atoms with Crippen LogP contribution in [0.4, 0.5) is 5.69 Å². The summed E-state index contributed by atoms with van der Waals surface area (Å²) >= 11 is 0. The van der Waals surface area contributed by atoms with Gasteiger partial charge in [0.2, 0.25) is 0 Å². The van der Waals surface area contributed by atoms with Gasteiger partial charge in [-0.1, -0.05) is 0 Å². The molecule has 0 radical (unpaired) electrons. The van der Waals surface area contributed by atoms with Crippen molar-refractivity contribution in [3.63, 3.8) is 0 Å². The average Bonchev–Trinajstić information content (AvgIpc) is 2.39. The van der Waals surface area contributed by atoms with Crippen molar-refractivity contribution in [3.8, 4) is 11.3 Å². The molecule has 0 saturated heterocycles. The summed E-state index contributed by atoms with van der Waals surface area (Å²) in [6.45, 7) is 0. The number of nitro groups is 1. The summed E-state index contributed by atoms with van der Waals surface area (Å²) in [7, 11) is 0. The van der Waals surface area contributed by atoms with Gasteiger partial charge in [-0.2, -0.15) is 0 Å². The number of rotatable bonds is 3. The smallest absolute Gasteiger partial charge is 0.337 e. The first-order valence-electron chi connectivity index (χ1n) is 5.02. The topological polar surface area (TPSA) is 93.3 Å². The van der Waals surface area contributed by atoms with E-state index < -0.39 is 10.9 Å². The number of carbonyl (C=O) groups is 1. The summed E-state index contributed by atoms with van der Waals surface area (Å²) in [6.07, 6.45) is 1.25. The number of benzene rings is 1. The maximum absolute atomic E-state index is 10.7. The number of aromatic nitrogens is 1. The molecule has 90 valence electrons. The van der Waals surface area contributed by atoms with E-state index in [0.717, 1.165) is 0 Å². The Morgan fingerprint density at radius 3 is 2.28 bits per heavy atom. The SMILES string of the molecule is O=C(O)c1ccc(-c2ccc([N+](=O)[O-])cc2)nc1. The summed E-state index contributed by atoms with van der Waals surface area (Å²) in [6, 6.07) is 8.89. The Balaban J connectivity index is 2.31. The van der Waals surface area contributed by atoms with E-state index >= 15 is 0 Å². The van der Waals surface area contributed by atoms with Crippen LogP contribution < -0.4 is 0 Å². The van der Waals surface area contributed by atoms with Crippen LogP contribution in [0.15, 0.2) is 42.6 Å². The van der Waals surface area contributed by atoms with Crippen molar-refractivity contribution >= 4 is 11.7 Å². The standard InChI is InChI=1S/C12H8N2O4/c15-12(16)9-3-6-11(13-7-9)8-1-4-10(5-2-8)14(17)18/h1-7H,(H,15,16). The van der Waals surface area contributed by atoms with Gasteiger partial charge in [0.1, 0.15) is 0 Å². The first-order valence-corrected chi connectivity index (χ1v) is 5.02. The Morgan fingerprint density at radius 2 is 1.83 bits per heavy atom. The number of hydrogen-bond acceptors (Lipinski definition) is 4. The molecule has 0 amide bonds. The molecule has 2 aromatic rings. The summed E-state index contributed by atoms with van der Waals surface area (Å²) in [5.41, 5.74) is 1.36. The Labute approximate surface area is 102 Å². The first-order chi connectivity index (χ1) is 8.58. The van der Waals surface area contributed by atoms with Gasteiger partial charge in [-0.3, -0.25) is 15.1 Å². The van der Waals surface area contributed by atoms with Gasteiger partial charge in [-0.05, 0) is 24.3 Å². The van der Waals surface area contributed by atoms with E-state index in [9.17, 15) is 14.9 Å². The normalized spacial score (nSPS) is 10.0. The molecule has 1 N–H and O–H groups in total. The van der Waals surface area contributed by atoms with Gasteiger partial charge >= 0.3 is 5.97 Å². The van der Waals surface area contributed by atoms with Crippen molar-refractivity contribution in [1.82, 2.24) is 4.98 Å². The van der Waals surface area contributed by atoms with E-state index in [4.69, 9.17) is 5.11 Å². The fourth-order valence-electron chi connectivity index (χ4n) is 1.45. The van der Waals surface area contributed by atoms with Crippen molar-refractivity contribution in [2.75, 3.05) is 0 Å². The molecular formula is C12H8N2O4. The molecule has 0 spiro atoms. The fraction of sp³-hybridized carbons (Fsp3) is 0. The van der Waals surface area contributed by atoms with Gasteiger partial charge in [0.25, 0.3) is 5.69 Å². The molecular weight excluding hydrogens is 236 g/mol. The van der Waals surface area contributed by atoms with Crippen molar-refractivity contribution in [2.45, 2.75) is 0 Å². The number of carboxylic acid groups (broad SMARTS) is 1. The molecule has 0 atom stereocenters. The number of nitro benzene ring substituents is 1. The summed E-state index contributed by atoms with van der Waals surface area (Å²) in [5, 5.41) is 19.2. The Morgan fingerprint density at radius 1 is 1.17 bits per heavy atom. The predicted octanol–water partition coefficient (Wildman–Crippen LogP) is 2.36. The van der Waals surface area contributed by atoms with Gasteiger partial charge < -0.3 is 5.11 Å². The third-order valence-corrected chi connectivity index (χ3v) is 2.38. The molecule has 18 heavy (non-hydrogen) atoms. The van der Waals surface area contributed by atoms with Crippen molar-refractivity contribution in [1.29, 1.82) is 0 Å². The number of aromatic carboxylic acids is 1. The molecule has 1 aromatic carbocycles. The monoisotopic (exact) mass is 244 g/mol. The third kappa shape index (κ3) is 2.32. The van der Waals surface area contributed by atoms with Crippen LogP contribution in [0.2, 0.25) is 0 Å². The van der Waals surface area contributed by atoms with Crippen LogP contribution in [0, 0.1) is 10.1 Å². The van der Waals surface area contributed by atoms with Crippen LogP contribution in [0.3, 0.4) is 0 Å². The van der Waals surface area contributed by atoms with Gasteiger partial charge in [0.15, 0.2) is 0 Å². The summed E-state index contributed by atoms with van der Waals surface area (Å²) in [5.74, 6) is -1.04. The van der Waals surface area contributed by atoms with Crippen LogP contribution >= 0.6 is 0 Å². The molecule has 1 heterocycles. The van der Waals surface area contributed by atoms with Crippen molar-refractivity contribution in [3.05, 3.63) is 58.3 Å². The molecule has 0 bridgehead atoms. The fourth-order valence-corrected chi connectivity index (χ4v) is 1.45. The number of hydrogen-bond donors (Lipinski definition) is 1. The van der Waals surface area contributed by atoms with Crippen LogP contribution in [-0.2, 0) is 0 Å². The van der Waals surface area contributed by atoms with E-state index in [2.05, 4.69) is 4.98 Å². The van der Waals surface area contributed by atoms with E-state index in [1.54, 1.807) is 18.2 Å². The highest BCUT2D eigenvalue weighted by molar-refractivity contribution is 5.87. The van der Waals surface area contributed by atoms with Crippen LogP contribution in [0.25, 0.3) is 11.3 Å². The minimum atomic E-state index is -1.04. The maximum Gasteiger partial charge on any atom is 0.337 e. The molecule has 2 rings (SSSR count). The minimum absolute atomic E-state index is 0.000839. The van der Waals surface area contributed by atoms with Crippen LogP contribution in [-0.4, -0.2) is 21.0 Å². The zero-order valence-electron chi connectivity index (χ0n) is 9.11. The van der Waals surface area contributed by atoms with E-state index in [-0.39, 0.29) is 11.3 Å². The molecule has 0 aliphatic carbocycles. The molecule has 0 unspecified atom stereocenters. The van der Waals surface area contributed by atoms with Gasteiger partial charge in [-0.15, -0.1) is 0 Å². The lowest BCUT2D eigenvalue weighted by Crippen LogP contribution is -1.97. The molecule has 6 nitrogen and oxygen atoms in total. The lowest BCUT2D eigenvalue weighted by molar-refractivity contribution is -0.384. The maximum atomic E-state index is 10.7. The second-order valence-corrected chi connectivity index (χ2v) is 3.54. The lowest BCUT2D eigenvalue weighted by Gasteiger charge is -2.01. The summed E-state index contributed by atoms with van der Waals surface area (Å²) < 4.78 is 0. The number of non-ortho nitro benzene ring substituents is 1. The van der Waals surface area contributed by atoms with E-state index in [1.165, 1.54) is 24.4 Å². The number of pyridine rings is 1. The Kier molecular flexibility index (Phi) is 3.01. The molecule has 0 fully saturated rings. The van der Waals surface area contributed by atoms with E-state index in [0.29, 0.717) is 11.3 Å². The number of nitrogens with zero attached hydrogens (tertiary/aromatic N) is 2. The molecule has 6 heteroatoms. The third-order valence-electron chi connectivity index (χ3n) is 2.38. The van der Waals surface area contributed by atoms with E-state index in [1.807, 2.05) is 0 Å². The number of carboxylic acids is 1. The Hall–Kier alpha value is -2.76. The highest BCUT2D eigenvalue weighted by Crippen LogP contribution is 2.20. The Bertz CT molecular complexity index is 535. The van der Waals surface area contributed by atoms with Gasteiger partial charge in [0, 0.05) is 23.9 Å². The predicted molar refractivity (Wildman–Crippen MR) is 63.3 cm³/mol. The highest BCUT2D eigenvalue weighted by atomic mass is 16.6. The molecule has 0 aliphatic rings. The highest BCUT2D eigenvalue weighted by Gasteiger charge is 2.07. The first kappa shape index (κ1) is 11.7. The van der Waals surface area contributed by atoms with Crippen molar-refractivity contribution in [2.24, 2.45) is 0 Å². The van der Waals surface area contributed by atoms with Crippen molar-refractivity contribution < 1.29 is 14.8 Å². The van der Waals surface area contributed by atoms with Gasteiger partial charge in [0.05, 0.1) is 16.2 Å². The quantitative estimate of drug-likeness (QED) is 0.660. The second-order valence-electron chi connectivity index (χ2n) is 3.54. The zero-order valence-corrected chi connectivity index (χ0v) is 9.11. The second kappa shape index (κ2) is 4.62. The molecule has 1 aromatic heterocycles. The zero-order chi connectivity index (χ0) is 13.1. The molecule has 0 saturated carbocycles. The van der Waals surface area contributed by atoms with Gasteiger partial charge in [-0.25, -0.2) is 4.79 Å². The summed E-state index contributed by atoms with van der Waals surface area (Å²) in [4.78, 5) is 24.7. The molecule has 0 aliphatic heterocycles. The lowest BCUT2D eigenvalue weighted by atomic mass is 10.1. The average molecular weight is 244 g/mol. The van der Waals surface area contributed by atoms with Crippen LogP contribution in [0.5, 0.6) is 0 Å². The largest absolute Gasteiger partial charge is 0.478 e. The van der Waals surface area contributed by atoms with Crippen LogP contribution in [0.1, 0.15) is 10.4 Å².